The molecule has 0 aliphatic carbocycles. The molecule has 3 heterocycles. The SMILES string of the molecule is O=c1c2cc(-c3cnc(CCC(F)(F)F)nc3)ccc2nnn1CCOc1ncccn1. The molecule has 164 valence electrons. The zero-order chi connectivity index (χ0) is 22.6. The summed E-state index contributed by atoms with van der Waals surface area (Å²) in [6.07, 6.45) is 0.400. The Balaban J connectivity index is 1.51. The third kappa shape index (κ3) is 5.20. The number of hydrogen-bond acceptors (Lipinski definition) is 8. The average molecular weight is 443 g/mol. The van der Waals surface area contributed by atoms with E-state index in [1.165, 1.54) is 17.1 Å². The Morgan fingerprint density at radius 2 is 1.75 bits per heavy atom. The van der Waals surface area contributed by atoms with Crippen LogP contribution in [-0.4, -0.2) is 47.7 Å². The molecular formula is C20H16F3N7O2. The summed E-state index contributed by atoms with van der Waals surface area (Å²) in [6.45, 7) is 0.262. The van der Waals surface area contributed by atoms with E-state index < -0.39 is 12.6 Å². The molecule has 0 unspecified atom stereocenters. The van der Waals surface area contributed by atoms with Gasteiger partial charge in [-0.1, -0.05) is 11.3 Å². The van der Waals surface area contributed by atoms with E-state index in [-0.39, 0.29) is 37.0 Å². The first-order valence-electron chi connectivity index (χ1n) is 9.54. The summed E-state index contributed by atoms with van der Waals surface area (Å²) in [6, 6.07) is 6.82. The van der Waals surface area contributed by atoms with Crippen LogP contribution in [0.1, 0.15) is 12.2 Å². The predicted molar refractivity (Wildman–Crippen MR) is 107 cm³/mol. The lowest BCUT2D eigenvalue weighted by molar-refractivity contribution is -0.134. The van der Waals surface area contributed by atoms with Crippen LogP contribution >= 0.6 is 0 Å². The van der Waals surface area contributed by atoms with Crippen molar-refractivity contribution >= 4 is 10.9 Å². The molecule has 0 aliphatic rings. The molecule has 4 aromatic rings. The van der Waals surface area contributed by atoms with Crippen molar-refractivity contribution in [1.82, 2.24) is 34.9 Å². The third-order valence-electron chi connectivity index (χ3n) is 4.47. The number of benzene rings is 1. The molecule has 0 aliphatic heterocycles. The lowest BCUT2D eigenvalue weighted by atomic mass is 10.1. The van der Waals surface area contributed by atoms with Crippen molar-refractivity contribution in [2.24, 2.45) is 0 Å². The van der Waals surface area contributed by atoms with Crippen LogP contribution in [0.25, 0.3) is 22.0 Å². The van der Waals surface area contributed by atoms with Crippen LogP contribution in [0.4, 0.5) is 13.2 Å². The highest BCUT2D eigenvalue weighted by Crippen LogP contribution is 2.23. The smallest absolute Gasteiger partial charge is 0.389 e. The summed E-state index contributed by atoms with van der Waals surface area (Å²) in [5.41, 5.74) is 1.24. The van der Waals surface area contributed by atoms with Gasteiger partial charge in [0, 0.05) is 36.8 Å². The van der Waals surface area contributed by atoms with E-state index in [2.05, 4.69) is 30.2 Å². The van der Waals surface area contributed by atoms with Crippen molar-refractivity contribution in [2.45, 2.75) is 25.6 Å². The van der Waals surface area contributed by atoms with E-state index in [0.29, 0.717) is 22.0 Å². The molecule has 0 saturated carbocycles. The molecule has 32 heavy (non-hydrogen) atoms. The molecular weight excluding hydrogens is 427 g/mol. The number of aromatic nitrogens is 7. The number of aryl methyl sites for hydroxylation is 1. The maximum absolute atomic E-state index is 12.8. The second-order valence-electron chi connectivity index (χ2n) is 6.73. The standard InChI is InChI=1S/C20H16F3N7O2/c21-20(22,23)5-4-17-26-11-14(12-27-17)13-2-3-16-15(10-13)18(31)30(29-28-16)8-9-32-19-24-6-1-7-25-19/h1-3,6-7,10-12H,4-5,8-9H2. The molecule has 12 heteroatoms. The molecule has 0 saturated heterocycles. The van der Waals surface area contributed by atoms with Crippen LogP contribution in [-0.2, 0) is 13.0 Å². The summed E-state index contributed by atoms with van der Waals surface area (Å²) in [5.74, 6) is 0.0995. The number of fused-ring (bicyclic) bond motifs is 1. The molecule has 3 aromatic heterocycles. The van der Waals surface area contributed by atoms with E-state index in [1.807, 2.05) is 0 Å². The lowest BCUT2D eigenvalue weighted by Gasteiger charge is -2.08. The quantitative estimate of drug-likeness (QED) is 0.429. The summed E-state index contributed by atoms with van der Waals surface area (Å²) >= 11 is 0. The minimum absolute atomic E-state index is 0.0995. The fourth-order valence-electron chi connectivity index (χ4n) is 2.87. The second-order valence-corrected chi connectivity index (χ2v) is 6.73. The van der Waals surface area contributed by atoms with Crippen molar-refractivity contribution in [1.29, 1.82) is 0 Å². The van der Waals surface area contributed by atoms with Gasteiger partial charge < -0.3 is 4.74 Å². The summed E-state index contributed by atoms with van der Waals surface area (Å²) in [5, 5.41) is 8.29. The molecule has 0 N–H and O–H groups in total. The van der Waals surface area contributed by atoms with Gasteiger partial charge in [0.05, 0.1) is 18.4 Å². The van der Waals surface area contributed by atoms with Crippen molar-refractivity contribution < 1.29 is 17.9 Å². The lowest BCUT2D eigenvalue weighted by Crippen LogP contribution is -2.27. The van der Waals surface area contributed by atoms with Crippen LogP contribution in [0.15, 0.2) is 53.8 Å². The Morgan fingerprint density at radius 3 is 2.47 bits per heavy atom. The molecule has 0 atom stereocenters. The van der Waals surface area contributed by atoms with Crippen molar-refractivity contribution in [2.75, 3.05) is 6.61 Å². The number of ether oxygens (including phenoxy) is 1. The Bertz CT molecular complexity index is 1260. The number of nitrogens with zero attached hydrogens (tertiary/aromatic N) is 7. The first-order chi connectivity index (χ1) is 15.4. The monoisotopic (exact) mass is 443 g/mol. The number of rotatable bonds is 7. The van der Waals surface area contributed by atoms with Crippen LogP contribution in [0.2, 0.25) is 0 Å². The molecule has 1 aromatic carbocycles. The van der Waals surface area contributed by atoms with Gasteiger partial charge in [-0.25, -0.2) is 24.6 Å². The van der Waals surface area contributed by atoms with Gasteiger partial charge in [-0.15, -0.1) is 5.10 Å². The van der Waals surface area contributed by atoms with Gasteiger partial charge in [-0.2, -0.15) is 13.2 Å². The first kappa shape index (κ1) is 21.3. The first-order valence-corrected chi connectivity index (χ1v) is 9.54. The summed E-state index contributed by atoms with van der Waals surface area (Å²) < 4.78 is 43.6. The molecule has 0 bridgehead atoms. The van der Waals surface area contributed by atoms with Crippen LogP contribution in [0, 0.1) is 0 Å². The van der Waals surface area contributed by atoms with E-state index in [4.69, 9.17) is 4.74 Å². The minimum atomic E-state index is -4.26. The number of hydrogen-bond donors (Lipinski definition) is 0. The van der Waals surface area contributed by atoms with Crippen LogP contribution in [0.5, 0.6) is 6.01 Å². The Morgan fingerprint density at radius 1 is 1.00 bits per heavy atom. The van der Waals surface area contributed by atoms with Crippen LogP contribution in [0.3, 0.4) is 0 Å². The number of alkyl halides is 3. The normalized spacial score (nSPS) is 11.6. The molecule has 9 nitrogen and oxygen atoms in total. The zero-order valence-corrected chi connectivity index (χ0v) is 16.5. The van der Waals surface area contributed by atoms with Crippen molar-refractivity contribution in [3.63, 3.8) is 0 Å². The minimum Gasteiger partial charge on any atom is -0.461 e. The van der Waals surface area contributed by atoms with Crippen LogP contribution < -0.4 is 10.3 Å². The van der Waals surface area contributed by atoms with E-state index in [0.717, 1.165) is 0 Å². The molecule has 4 rings (SSSR count). The van der Waals surface area contributed by atoms with E-state index in [1.54, 1.807) is 36.7 Å². The highest BCUT2D eigenvalue weighted by Gasteiger charge is 2.27. The maximum atomic E-state index is 12.8. The Hall–Kier alpha value is -3.96. The fraction of sp³-hybridized carbons (Fsp3) is 0.250. The van der Waals surface area contributed by atoms with E-state index in [9.17, 15) is 18.0 Å². The van der Waals surface area contributed by atoms with Crippen molar-refractivity contribution in [3.05, 3.63) is 65.2 Å². The summed E-state index contributed by atoms with van der Waals surface area (Å²) in [4.78, 5) is 28.7. The van der Waals surface area contributed by atoms with Gasteiger partial charge >= 0.3 is 12.2 Å². The average Bonchev–Trinajstić information content (AvgIpc) is 2.80. The maximum Gasteiger partial charge on any atom is 0.389 e. The second kappa shape index (κ2) is 9.04. The zero-order valence-electron chi connectivity index (χ0n) is 16.5. The molecule has 0 fully saturated rings. The Labute approximate surface area is 179 Å². The highest BCUT2D eigenvalue weighted by molar-refractivity contribution is 5.83. The molecule has 0 spiro atoms. The summed E-state index contributed by atoms with van der Waals surface area (Å²) in [7, 11) is 0. The molecule has 0 radical (unpaired) electrons. The predicted octanol–water partition coefficient (Wildman–Crippen LogP) is 2.61. The molecule has 0 amide bonds. The van der Waals surface area contributed by atoms with Gasteiger partial charge in [0.15, 0.2) is 0 Å². The van der Waals surface area contributed by atoms with Gasteiger partial charge in [0.1, 0.15) is 17.9 Å². The largest absolute Gasteiger partial charge is 0.461 e. The fourth-order valence-corrected chi connectivity index (χ4v) is 2.87. The van der Waals surface area contributed by atoms with E-state index >= 15 is 0 Å². The topological polar surface area (TPSA) is 109 Å². The van der Waals surface area contributed by atoms with Gasteiger partial charge in [0.2, 0.25) is 0 Å². The van der Waals surface area contributed by atoms with Gasteiger partial charge in [0.25, 0.3) is 5.56 Å². The Kier molecular flexibility index (Phi) is 6.01. The number of halogens is 3. The van der Waals surface area contributed by atoms with Crippen molar-refractivity contribution in [3.8, 4) is 17.1 Å². The highest BCUT2D eigenvalue weighted by atomic mass is 19.4. The van der Waals surface area contributed by atoms with Gasteiger partial charge in [-0.05, 0) is 23.8 Å². The van der Waals surface area contributed by atoms with Gasteiger partial charge in [-0.3, -0.25) is 4.79 Å². The third-order valence-corrected chi connectivity index (χ3v) is 4.47.